The predicted molar refractivity (Wildman–Crippen MR) is 53.0 cm³/mol. The first kappa shape index (κ1) is 11.6. The van der Waals surface area contributed by atoms with Crippen molar-refractivity contribution in [3.05, 3.63) is 5.82 Å². The summed E-state index contributed by atoms with van der Waals surface area (Å²) in [7, 11) is 0. The molecule has 0 N–H and O–H groups in total. The number of carbonyl (C=O) groups is 1. The molecule has 6 nitrogen and oxygen atoms in total. The smallest absolute Gasteiger partial charge is 0.303 e. The van der Waals surface area contributed by atoms with Crippen molar-refractivity contribution < 1.29 is 9.53 Å². The quantitative estimate of drug-likeness (QED) is 0.685. The maximum Gasteiger partial charge on any atom is 0.303 e. The number of aromatic nitrogens is 4. The number of tetrazole rings is 1. The average molecular weight is 212 g/mol. The maximum absolute atomic E-state index is 10.7. The maximum atomic E-state index is 10.7. The zero-order chi connectivity index (χ0) is 11.6. The van der Waals surface area contributed by atoms with Gasteiger partial charge < -0.3 is 4.74 Å². The molecule has 0 amide bonds. The lowest BCUT2D eigenvalue weighted by Gasteiger charge is -2.15. The largest absolute Gasteiger partial charge is 0.454 e. The van der Waals surface area contributed by atoms with Crippen LogP contribution in [0.25, 0.3) is 0 Å². The Hall–Kier alpha value is -1.46. The van der Waals surface area contributed by atoms with Gasteiger partial charge in [-0.25, -0.2) is 0 Å². The Morgan fingerprint density at radius 1 is 1.47 bits per heavy atom. The second-order valence-corrected chi connectivity index (χ2v) is 4.36. The van der Waals surface area contributed by atoms with E-state index in [1.54, 1.807) is 6.92 Å². The standard InChI is InChI=1S/C9H16N4O2/c1-6(15-7(2)14)8-10-12-13(11-8)9(3,4)5/h6H,1-5H3. The van der Waals surface area contributed by atoms with Gasteiger partial charge in [0.25, 0.3) is 0 Å². The minimum Gasteiger partial charge on any atom is -0.454 e. The molecule has 1 aromatic heterocycles. The molecule has 1 rings (SSSR count). The van der Waals surface area contributed by atoms with Crippen LogP contribution in [0.3, 0.4) is 0 Å². The van der Waals surface area contributed by atoms with Crippen LogP contribution >= 0.6 is 0 Å². The first-order valence-electron chi connectivity index (χ1n) is 4.78. The lowest BCUT2D eigenvalue weighted by molar-refractivity contribution is -0.146. The van der Waals surface area contributed by atoms with Gasteiger partial charge in [-0.3, -0.25) is 4.79 Å². The van der Waals surface area contributed by atoms with Crippen LogP contribution in [0.15, 0.2) is 0 Å². The Labute approximate surface area is 88.6 Å². The van der Waals surface area contributed by atoms with Crippen LogP contribution in [-0.4, -0.2) is 26.2 Å². The average Bonchev–Trinajstić information content (AvgIpc) is 2.48. The molecule has 0 spiro atoms. The monoisotopic (exact) mass is 212 g/mol. The Kier molecular flexibility index (Phi) is 3.06. The van der Waals surface area contributed by atoms with Crippen molar-refractivity contribution in [2.45, 2.75) is 46.3 Å². The van der Waals surface area contributed by atoms with Gasteiger partial charge >= 0.3 is 5.97 Å². The van der Waals surface area contributed by atoms with E-state index in [2.05, 4.69) is 15.4 Å². The van der Waals surface area contributed by atoms with Gasteiger partial charge in [0.05, 0.1) is 5.54 Å². The summed E-state index contributed by atoms with van der Waals surface area (Å²) in [4.78, 5) is 12.2. The molecule has 15 heavy (non-hydrogen) atoms. The molecule has 6 heteroatoms. The molecule has 0 aliphatic heterocycles. The van der Waals surface area contributed by atoms with Crippen molar-refractivity contribution in [2.75, 3.05) is 0 Å². The van der Waals surface area contributed by atoms with Crippen LogP contribution in [0, 0.1) is 0 Å². The van der Waals surface area contributed by atoms with Gasteiger partial charge in [0.1, 0.15) is 0 Å². The lowest BCUT2D eigenvalue weighted by atomic mass is 10.1. The van der Waals surface area contributed by atoms with Gasteiger partial charge in [-0.05, 0) is 32.9 Å². The second kappa shape index (κ2) is 3.96. The second-order valence-electron chi connectivity index (χ2n) is 4.36. The lowest BCUT2D eigenvalue weighted by Crippen LogP contribution is -2.24. The van der Waals surface area contributed by atoms with Crippen molar-refractivity contribution in [2.24, 2.45) is 0 Å². The number of ether oxygens (including phenoxy) is 1. The van der Waals surface area contributed by atoms with Gasteiger partial charge in [-0.15, -0.1) is 10.2 Å². The molecular weight excluding hydrogens is 196 g/mol. The highest BCUT2D eigenvalue weighted by molar-refractivity contribution is 5.66. The van der Waals surface area contributed by atoms with E-state index in [9.17, 15) is 4.79 Å². The van der Waals surface area contributed by atoms with Crippen molar-refractivity contribution >= 4 is 5.97 Å². The zero-order valence-corrected chi connectivity index (χ0v) is 9.68. The molecule has 0 aromatic carbocycles. The van der Waals surface area contributed by atoms with Gasteiger partial charge in [0.15, 0.2) is 6.10 Å². The summed E-state index contributed by atoms with van der Waals surface area (Å²) in [5.41, 5.74) is -0.221. The molecule has 84 valence electrons. The molecule has 1 aromatic rings. The van der Waals surface area contributed by atoms with E-state index < -0.39 is 6.10 Å². The topological polar surface area (TPSA) is 69.9 Å². The number of nitrogens with zero attached hydrogens (tertiary/aromatic N) is 4. The van der Waals surface area contributed by atoms with E-state index in [0.29, 0.717) is 5.82 Å². The SMILES string of the molecule is CC(=O)OC(C)c1nnn(C(C)(C)C)n1. The fourth-order valence-electron chi connectivity index (χ4n) is 0.974. The molecule has 0 saturated carbocycles. The van der Waals surface area contributed by atoms with E-state index in [1.807, 2.05) is 20.8 Å². The number of rotatable bonds is 2. The first-order valence-corrected chi connectivity index (χ1v) is 4.78. The molecule has 1 unspecified atom stereocenters. The fourth-order valence-corrected chi connectivity index (χ4v) is 0.974. The predicted octanol–water partition coefficient (Wildman–Crippen LogP) is 1.05. The highest BCUT2D eigenvalue weighted by Crippen LogP contribution is 2.14. The Morgan fingerprint density at radius 2 is 2.07 bits per heavy atom. The molecule has 1 heterocycles. The molecule has 0 fully saturated rings. The van der Waals surface area contributed by atoms with Crippen LogP contribution in [0.1, 0.15) is 46.5 Å². The van der Waals surface area contributed by atoms with Crippen LogP contribution in [-0.2, 0) is 15.1 Å². The van der Waals surface area contributed by atoms with E-state index in [4.69, 9.17) is 4.74 Å². The van der Waals surface area contributed by atoms with E-state index >= 15 is 0 Å². The molecule has 0 saturated heterocycles. The minimum absolute atomic E-state index is 0.221. The van der Waals surface area contributed by atoms with Gasteiger partial charge in [0.2, 0.25) is 5.82 Å². The molecule has 0 radical (unpaired) electrons. The highest BCUT2D eigenvalue weighted by atomic mass is 16.5. The van der Waals surface area contributed by atoms with Crippen molar-refractivity contribution in [3.8, 4) is 0 Å². The molecule has 0 bridgehead atoms. The highest BCUT2D eigenvalue weighted by Gasteiger charge is 2.20. The van der Waals surface area contributed by atoms with Crippen molar-refractivity contribution in [3.63, 3.8) is 0 Å². The molecule has 0 aliphatic rings. The Bertz CT molecular complexity index is 353. The van der Waals surface area contributed by atoms with E-state index in [0.717, 1.165) is 0 Å². The summed E-state index contributed by atoms with van der Waals surface area (Å²) in [6.07, 6.45) is -0.460. The summed E-state index contributed by atoms with van der Waals surface area (Å²) in [5, 5.41) is 11.9. The Morgan fingerprint density at radius 3 is 2.47 bits per heavy atom. The first-order chi connectivity index (χ1) is 6.80. The number of carbonyl (C=O) groups excluding carboxylic acids is 1. The van der Waals surface area contributed by atoms with Gasteiger partial charge in [-0.2, -0.15) is 4.80 Å². The van der Waals surface area contributed by atoms with Crippen LogP contribution in [0.5, 0.6) is 0 Å². The zero-order valence-electron chi connectivity index (χ0n) is 9.68. The summed E-state index contributed by atoms with van der Waals surface area (Å²) in [6.45, 7) is 8.97. The Balaban J connectivity index is 2.80. The summed E-state index contributed by atoms with van der Waals surface area (Å²) in [6, 6.07) is 0. The molecule has 1 atom stereocenters. The number of hydrogen-bond acceptors (Lipinski definition) is 5. The summed E-state index contributed by atoms with van der Waals surface area (Å²) >= 11 is 0. The summed E-state index contributed by atoms with van der Waals surface area (Å²) < 4.78 is 4.94. The number of esters is 1. The van der Waals surface area contributed by atoms with E-state index in [1.165, 1.54) is 11.7 Å². The van der Waals surface area contributed by atoms with Crippen molar-refractivity contribution in [1.82, 2.24) is 20.2 Å². The van der Waals surface area contributed by atoms with Gasteiger partial charge in [0, 0.05) is 6.92 Å². The third-order valence-corrected chi connectivity index (χ3v) is 1.74. The third kappa shape index (κ3) is 3.00. The van der Waals surface area contributed by atoms with Crippen LogP contribution < -0.4 is 0 Å². The van der Waals surface area contributed by atoms with Crippen LogP contribution in [0.4, 0.5) is 0 Å². The van der Waals surface area contributed by atoms with Gasteiger partial charge in [-0.1, -0.05) is 0 Å². The van der Waals surface area contributed by atoms with Crippen LogP contribution in [0.2, 0.25) is 0 Å². The van der Waals surface area contributed by atoms with E-state index in [-0.39, 0.29) is 11.5 Å². The molecular formula is C9H16N4O2. The normalized spacial score (nSPS) is 13.7. The molecule has 0 aliphatic carbocycles. The van der Waals surface area contributed by atoms with Crippen molar-refractivity contribution in [1.29, 1.82) is 0 Å². The minimum atomic E-state index is -0.460. The number of hydrogen-bond donors (Lipinski definition) is 0. The summed E-state index contributed by atoms with van der Waals surface area (Å²) in [5.74, 6) is 0.0646. The third-order valence-electron chi connectivity index (χ3n) is 1.74. The fraction of sp³-hybridized carbons (Fsp3) is 0.778.